The normalized spacial score (nSPS) is 12.6. The predicted molar refractivity (Wildman–Crippen MR) is 174 cm³/mol. The Balaban J connectivity index is 1.46. The highest BCUT2D eigenvalue weighted by atomic mass is 15.2. The van der Waals surface area contributed by atoms with Crippen LogP contribution in [0, 0.1) is 0 Å². The average Bonchev–Trinajstić information content (AvgIpc) is 3.37. The molecule has 0 saturated heterocycles. The molecule has 7 aromatic rings. The molecule has 4 aromatic carbocycles. The molecule has 198 valence electrons. The Morgan fingerprint density at radius 1 is 0.690 bits per heavy atom. The van der Waals surface area contributed by atoms with Gasteiger partial charge in [0.1, 0.15) is 11.6 Å². The van der Waals surface area contributed by atoms with E-state index in [1.54, 1.807) is 6.08 Å². The zero-order chi connectivity index (χ0) is 28.2. The van der Waals surface area contributed by atoms with E-state index in [0.29, 0.717) is 0 Å². The first-order chi connectivity index (χ1) is 20.8. The Morgan fingerprint density at radius 3 is 2.33 bits per heavy atom. The first-order valence-corrected chi connectivity index (χ1v) is 13.9. The molecule has 0 saturated carbocycles. The number of aliphatic imine (C=N–C) groups is 1. The van der Waals surface area contributed by atoms with E-state index in [1.807, 2.05) is 36.7 Å². The lowest BCUT2D eigenvalue weighted by atomic mass is 9.90. The van der Waals surface area contributed by atoms with Crippen LogP contribution in [0.4, 0.5) is 17.2 Å². The molecule has 0 spiro atoms. The molecule has 42 heavy (non-hydrogen) atoms. The zero-order valence-corrected chi connectivity index (χ0v) is 22.8. The SMILES string of the molecule is C=CN=C(C=C)c1ccc(N2c3cc4c(cc3-c3cccc5cccc2c35)c2ccccc2n4-c2ccccn2)nc1. The van der Waals surface area contributed by atoms with Crippen molar-refractivity contribution in [3.63, 3.8) is 0 Å². The summed E-state index contributed by atoms with van der Waals surface area (Å²) in [6.45, 7) is 7.64. The summed E-state index contributed by atoms with van der Waals surface area (Å²) in [5.41, 5.74) is 8.38. The van der Waals surface area contributed by atoms with Crippen LogP contribution in [0.15, 0.2) is 146 Å². The van der Waals surface area contributed by atoms with Crippen molar-refractivity contribution in [3.05, 3.63) is 147 Å². The second-order valence-corrected chi connectivity index (χ2v) is 10.2. The number of rotatable bonds is 5. The first-order valence-electron chi connectivity index (χ1n) is 13.9. The minimum atomic E-state index is 0.733. The molecular weight excluding hydrogens is 514 g/mol. The van der Waals surface area contributed by atoms with E-state index in [1.165, 1.54) is 38.9 Å². The molecule has 0 aliphatic carbocycles. The maximum absolute atomic E-state index is 4.96. The van der Waals surface area contributed by atoms with E-state index in [4.69, 9.17) is 9.97 Å². The molecule has 0 N–H and O–H groups in total. The molecule has 0 bridgehead atoms. The van der Waals surface area contributed by atoms with Gasteiger partial charge in [0, 0.05) is 45.9 Å². The summed E-state index contributed by atoms with van der Waals surface area (Å²) in [6, 6.07) is 36.3. The molecule has 1 aliphatic heterocycles. The van der Waals surface area contributed by atoms with E-state index < -0.39 is 0 Å². The van der Waals surface area contributed by atoms with Gasteiger partial charge >= 0.3 is 0 Å². The highest BCUT2D eigenvalue weighted by molar-refractivity contribution is 6.18. The van der Waals surface area contributed by atoms with Gasteiger partial charge in [0.05, 0.1) is 28.1 Å². The third kappa shape index (κ3) is 3.47. The molecular formula is C37H25N5. The number of allylic oxidation sites excluding steroid dienone is 1. The number of benzene rings is 4. The standard InChI is InChI=1S/C37H25N5/c1-3-30(38-4-2)25-18-19-36(40-23-25)42-32-16-10-12-24-11-9-14-27(37(24)32)29-21-28-26-13-5-6-15-31(26)41(33(28)22-34(29)42)35-17-7-8-20-39-35/h3-23H,1-2H2. The average molecular weight is 540 g/mol. The number of nitrogens with zero attached hydrogens (tertiary/aromatic N) is 5. The van der Waals surface area contributed by atoms with Gasteiger partial charge in [-0.05, 0) is 65.6 Å². The zero-order valence-electron chi connectivity index (χ0n) is 22.8. The van der Waals surface area contributed by atoms with Crippen molar-refractivity contribution in [1.82, 2.24) is 14.5 Å². The second kappa shape index (κ2) is 9.39. The van der Waals surface area contributed by atoms with Crippen molar-refractivity contribution >= 4 is 55.5 Å². The van der Waals surface area contributed by atoms with Crippen LogP contribution in [0.5, 0.6) is 0 Å². The number of anilines is 3. The first kappa shape index (κ1) is 24.0. The summed E-state index contributed by atoms with van der Waals surface area (Å²) in [5.74, 6) is 1.71. The van der Waals surface area contributed by atoms with Gasteiger partial charge in [-0.1, -0.05) is 67.8 Å². The number of pyridine rings is 2. The monoisotopic (exact) mass is 539 g/mol. The Hall–Kier alpha value is -5.81. The fraction of sp³-hybridized carbons (Fsp3) is 0. The van der Waals surface area contributed by atoms with Crippen LogP contribution < -0.4 is 4.90 Å². The van der Waals surface area contributed by atoms with Gasteiger partial charge in [0.2, 0.25) is 0 Å². The van der Waals surface area contributed by atoms with Crippen molar-refractivity contribution in [2.75, 3.05) is 4.90 Å². The maximum Gasteiger partial charge on any atom is 0.137 e. The molecule has 0 radical (unpaired) electrons. The van der Waals surface area contributed by atoms with E-state index >= 15 is 0 Å². The molecule has 5 heteroatoms. The maximum atomic E-state index is 4.96. The Morgan fingerprint density at radius 2 is 1.55 bits per heavy atom. The smallest absolute Gasteiger partial charge is 0.137 e. The fourth-order valence-corrected chi connectivity index (χ4v) is 6.26. The Bertz CT molecular complexity index is 2220. The Kier molecular flexibility index (Phi) is 5.37. The lowest BCUT2D eigenvalue weighted by Gasteiger charge is -2.33. The van der Waals surface area contributed by atoms with E-state index in [2.05, 4.69) is 106 Å². The van der Waals surface area contributed by atoms with Crippen LogP contribution in [0.3, 0.4) is 0 Å². The van der Waals surface area contributed by atoms with Crippen LogP contribution in [0.2, 0.25) is 0 Å². The Labute approximate surface area is 243 Å². The van der Waals surface area contributed by atoms with Gasteiger partial charge in [-0.3, -0.25) is 14.5 Å². The van der Waals surface area contributed by atoms with Gasteiger partial charge in [0.25, 0.3) is 0 Å². The van der Waals surface area contributed by atoms with E-state index in [0.717, 1.165) is 45.3 Å². The van der Waals surface area contributed by atoms with Gasteiger partial charge in [0.15, 0.2) is 0 Å². The molecule has 0 unspecified atom stereocenters. The molecule has 0 amide bonds. The van der Waals surface area contributed by atoms with Crippen LogP contribution in [0.1, 0.15) is 5.56 Å². The lowest BCUT2D eigenvalue weighted by molar-refractivity contribution is 1.08. The molecule has 4 heterocycles. The molecule has 0 fully saturated rings. The molecule has 8 rings (SSSR count). The predicted octanol–water partition coefficient (Wildman–Crippen LogP) is 9.30. The van der Waals surface area contributed by atoms with Crippen LogP contribution >= 0.6 is 0 Å². The van der Waals surface area contributed by atoms with Crippen LogP contribution in [0.25, 0.3) is 49.5 Å². The van der Waals surface area contributed by atoms with Crippen molar-refractivity contribution in [3.8, 4) is 16.9 Å². The largest absolute Gasteiger partial charge is 0.294 e. The fourth-order valence-electron chi connectivity index (χ4n) is 6.26. The second-order valence-electron chi connectivity index (χ2n) is 10.2. The van der Waals surface area contributed by atoms with E-state index in [9.17, 15) is 0 Å². The number of hydrogen-bond acceptors (Lipinski definition) is 4. The summed E-state index contributed by atoms with van der Waals surface area (Å²) < 4.78 is 2.25. The minimum absolute atomic E-state index is 0.733. The highest BCUT2D eigenvalue weighted by Crippen LogP contribution is 2.52. The van der Waals surface area contributed by atoms with E-state index in [-0.39, 0.29) is 0 Å². The quantitative estimate of drug-likeness (QED) is 0.205. The summed E-state index contributed by atoms with van der Waals surface area (Å²) in [5, 5.41) is 4.79. The molecule has 0 atom stereocenters. The number of fused-ring (bicyclic) bond motifs is 5. The van der Waals surface area contributed by atoms with Gasteiger partial charge in [-0.15, -0.1) is 0 Å². The summed E-state index contributed by atoms with van der Waals surface area (Å²) in [7, 11) is 0. The summed E-state index contributed by atoms with van der Waals surface area (Å²) >= 11 is 0. The number of aromatic nitrogens is 3. The van der Waals surface area contributed by atoms with Crippen molar-refractivity contribution in [2.24, 2.45) is 4.99 Å². The highest BCUT2D eigenvalue weighted by Gasteiger charge is 2.28. The third-order valence-electron chi connectivity index (χ3n) is 8.02. The summed E-state index contributed by atoms with van der Waals surface area (Å²) in [6.07, 6.45) is 6.94. The van der Waals surface area contributed by atoms with Crippen molar-refractivity contribution in [1.29, 1.82) is 0 Å². The van der Waals surface area contributed by atoms with Gasteiger partial charge < -0.3 is 0 Å². The van der Waals surface area contributed by atoms with Crippen molar-refractivity contribution < 1.29 is 0 Å². The van der Waals surface area contributed by atoms with Gasteiger partial charge in [-0.25, -0.2) is 9.97 Å². The summed E-state index contributed by atoms with van der Waals surface area (Å²) in [4.78, 5) is 16.3. The number of para-hydroxylation sites is 1. The third-order valence-corrected chi connectivity index (χ3v) is 8.02. The molecule has 1 aliphatic rings. The lowest BCUT2D eigenvalue weighted by Crippen LogP contribution is -2.16. The van der Waals surface area contributed by atoms with Crippen LogP contribution in [-0.4, -0.2) is 20.2 Å². The van der Waals surface area contributed by atoms with Crippen molar-refractivity contribution in [2.45, 2.75) is 0 Å². The topological polar surface area (TPSA) is 46.3 Å². The van der Waals surface area contributed by atoms with Gasteiger partial charge in [-0.2, -0.15) is 0 Å². The molecule has 5 nitrogen and oxygen atoms in total. The number of hydrogen-bond donors (Lipinski definition) is 0. The molecule has 3 aromatic heterocycles. The minimum Gasteiger partial charge on any atom is -0.294 e. The van der Waals surface area contributed by atoms with Crippen LogP contribution in [-0.2, 0) is 0 Å².